The van der Waals surface area contributed by atoms with Crippen LogP contribution in [0.4, 0.5) is 0 Å². The highest BCUT2D eigenvalue weighted by Gasteiger charge is 2.24. The van der Waals surface area contributed by atoms with Crippen molar-refractivity contribution < 1.29 is 19.0 Å². The number of carbonyl (C=O) groups excluding carboxylic acids is 1. The van der Waals surface area contributed by atoms with Gasteiger partial charge in [0.1, 0.15) is 19.3 Å². The Kier molecular flexibility index (Phi) is 6.16. The second-order valence-electron chi connectivity index (χ2n) is 6.63. The fourth-order valence-electron chi connectivity index (χ4n) is 3.25. The molecule has 4 rings (SSSR count). The Labute approximate surface area is 168 Å². The highest BCUT2D eigenvalue weighted by molar-refractivity contribution is 7.99. The standard InChI is InChI=1S/C20H23N3O4S/c24-19(6-13-28-16-2-3-17-18(14-16)26-12-11-25-17)23-9-4-15(5-10-23)27-20-21-7-1-8-22-20/h1-3,7-8,14-15H,4-6,9-13H2. The van der Waals surface area contributed by atoms with Crippen molar-refractivity contribution in [3.05, 3.63) is 36.7 Å². The first-order valence-corrected chi connectivity index (χ1v) is 10.5. The molecular weight excluding hydrogens is 378 g/mol. The maximum Gasteiger partial charge on any atom is 0.316 e. The molecule has 0 unspecified atom stereocenters. The van der Waals surface area contributed by atoms with Gasteiger partial charge >= 0.3 is 6.01 Å². The molecule has 1 saturated heterocycles. The van der Waals surface area contributed by atoms with Gasteiger partial charge in [-0.2, -0.15) is 0 Å². The molecule has 28 heavy (non-hydrogen) atoms. The average molecular weight is 401 g/mol. The van der Waals surface area contributed by atoms with Crippen molar-refractivity contribution in [2.75, 3.05) is 32.1 Å². The van der Waals surface area contributed by atoms with Gasteiger partial charge in [0.2, 0.25) is 5.91 Å². The molecule has 2 aromatic rings. The van der Waals surface area contributed by atoms with Gasteiger partial charge in [-0.1, -0.05) is 0 Å². The van der Waals surface area contributed by atoms with Gasteiger partial charge in [0.25, 0.3) is 0 Å². The van der Waals surface area contributed by atoms with Gasteiger partial charge in [-0.25, -0.2) is 9.97 Å². The molecule has 0 bridgehead atoms. The van der Waals surface area contributed by atoms with Crippen molar-refractivity contribution in [2.24, 2.45) is 0 Å². The van der Waals surface area contributed by atoms with Crippen molar-refractivity contribution in [3.63, 3.8) is 0 Å². The third-order valence-electron chi connectivity index (χ3n) is 4.71. The molecule has 2 aliphatic rings. The number of piperidine rings is 1. The maximum atomic E-state index is 12.5. The number of rotatable bonds is 6. The van der Waals surface area contributed by atoms with Crippen LogP contribution >= 0.6 is 11.8 Å². The van der Waals surface area contributed by atoms with Crippen molar-refractivity contribution in [1.29, 1.82) is 0 Å². The van der Waals surface area contributed by atoms with Gasteiger partial charge in [0.15, 0.2) is 11.5 Å². The van der Waals surface area contributed by atoms with Crippen molar-refractivity contribution >= 4 is 17.7 Å². The minimum atomic E-state index is 0.0681. The number of amides is 1. The Balaban J connectivity index is 1.19. The van der Waals surface area contributed by atoms with Crippen molar-refractivity contribution in [3.8, 4) is 17.5 Å². The minimum Gasteiger partial charge on any atom is -0.486 e. The van der Waals surface area contributed by atoms with Crippen LogP contribution < -0.4 is 14.2 Å². The lowest BCUT2D eigenvalue weighted by Crippen LogP contribution is -2.42. The molecule has 1 fully saturated rings. The highest BCUT2D eigenvalue weighted by atomic mass is 32.2. The summed E-state index contributed by atoms with van der Waals surface area (Å²) >= 11 is 1.66. The first kappa shape index (κ1) is 18.9. The molecule has 1 amide bonds. The molecule has 0 N–H and O–H groups in total. The first-order valence-electron chi connectivity index (χ1n) is 9.52. The minimum absolute atomic E-state index is 0.0681. The summed E-state index contributed by atoms with van der Waals surface area (Å²) in [4.78, 5) is 23.7. The number of hydrogen-bond acceptors (Lipinski definition) is 7. The average Bonchev–Trinajstić information content (AvgIpc) is 2.75. The van der Waals surface area contributed by atoms with E-state index in [1.807, 2.05) is 23.1 Å². The summed E-state index contributed by atoms with van der Waals surface area (Å²) in [6.45, 7) is 2.60. The summed E-state index contributed by atoms with van der Waals surface area (Å²) in [5, 5.41) is 0. The van der Waals surface area contributed by atoms with Crippen molar-refractivity contribution in [2.45, 2.75) is 30.3 Å². The number of fused-ring (bicyclic) bond motifs is 1. The van der Waals surface area contributed by atoms with Gasteiger partial charge in [-0.05, 0) is 24.3 Å². The second kappa shape index (κ2) is 9.14. The molecule has 3 heterocycles. The zero-order chi connectivity index (χ0) is 19.2. The molecule has 2 aliphatic heterocycles. The van der Waals surface area contributed by atoms with E-state index in [1.165, 1.54) is 0 Å². The lowest BCUT2D eigenvalue weighted by molar-refractivity contribution is -0.132. The Morgan fingerprint density at radius 3 is 2.68 bits per heavy atom. The number of benzene rings is 1. The summed E-state index contributed by atoms with van der Waals surface area (Å²) < 4.78 is 16.9. The zero-order valence-electron chi connectivity index (χ0n) is 15.6. The van der Waals surface area contributed by atoms with E-state index < -0.39 is 0 Å². The monoisotopic (exact) mass is 401 g/mol. The lowest BCUT2D eigenvalue weighted by Gasteiger charge is -2.31. The Morgan fingerprint density at radius 2 is 1.89 bits per heavy atom. The maximum absolute atomic E-state index is 12.5. The van der Waals surface area contributed by atoms with E-state index in [-0.39, 0.29) is 12.0 Å². The van der Waals surface area contributed by atoms with Crippen LogP contribution in [0.3, 0.4) is 0 Å². The fraction of sp³-hybridized carbons (Fsp3) is 0.450. The number of carbonyl (C=O) groups is 1. The molecule has 1 aromatic carbocycles. The quantitative estimate of drug-likeness (QED) is 0.689. The molecule has 0 radical (unpaired) electrons. The van der Waals surface area contributed by atoms with Gasteiger partial charge in [-0.15, -0.1) is 11.8 Å². The number of hydrogen-bond donors (Lipinski definition) is 0. The van der Waals surface area contributed by atoms with E-state index in [9.17, 15) is 4.79 Å². The molecule has 148 valence electrons. The van der Waals surface area contributed by atoms with E-state index >= 15 is 0 Å². The van der Waals surface area contributed by atoms with E-state index in [2.05, 4.69) is 9.97 Å². The number of nitrogens with zero attached hydrogens (tertiary/aromatic N) is 3. The van der Waals surface area contributed by atoms with Crippen LogP contribution in [-0.4, -0.2) is 58.9 Å². The number of likely N-dealkylation sites (tertiary alicyclic amines) is 1. The molecule has 0 aliphatic carbocycles. The van der Waals surface area contributed by atoms with Crippen LogP contribution in [-0.2, 0) is 4.79 Å². The summed E-state index contributed by atoms with van der Waals surface area (Å²) in [5.74, 6) is 2.51. The summed E-state index contributed by atoms with van der Waals surface area (Å²) in [6, 6.07) is 8.09. The van der Waals surface area contributed by atoms with Crippen LogP contribution in [0.25, 0.3) is 0 Å². The molecular formula is C20H23N3O4S. The van der Waals surface area contributed by atoms with Gasteiger partial charge in [0, 0.05) is 55.4 Å². The topological polar surface area (TPSA) is 73.8 Å². The highest BCUT2D eigenvalue weighted by Crippen LogP contribution is 2.34. The molecule has 1 aromatic heterocycles. The first-order chi connectivity index (χ1) is 13.8. The van der Waals surface area contributed by atoms with E-state index in [0.717, 1.165) is 35.0 Å². The summed E-state index contributed by atoms with van der Waals surface area (Å²) in [5.41, 5.74) is 0. The number of thioether (sulfide) groups is 1. The molecule has 0 atom stereocenters. The predicted octanol–water partition coefficient (Wildman–Crippen LogP) is 2.80. The van der Waals surface area contributed by atoms with Gasteiger partial charge < -0.3 is 19.1 Å². The molecule has 7 nitrogen and oxygen atoms in total. The SMILES string of the molecule is O=C(CCSc1ccc2c(c1)OCCO2)N1CCC(Oc2ncccn2)CC1. The van der Waals surface area contributed by atoms with Crippen LogP contribution in [0.15, 0.2) is 41.6 Å². The van der Waals surface area contributed by atoms with Crippen LogP contribution in [0.5, 0.6) is 17.5 Å². The van der Waals surface area contributed by atoms with Gasteiger partial charge in [0.05, 0.1) is 0 Å². The smallest absolute Gasteiger partial charge is 0.316 e. The third-order valence-corrected chi connectivity index (χ3v) is 5.70. The Morgan fingerprint density at radius 1 is 1.14 bits per heavy atom. The molecule has 0 saturated carbocycles. The predicted molar refractivity (Wildman–Crippen MR) is 105 cm³/mol. The van der Waals surface area contributed by atoms with Crippen LogP contribution in [0.1, 0.15) is 19.3 Å². The normalized spacial score (nSPS) is 16.6. The second-order valence-corrected chi connectivity index (χ2v) is 7.80. The third kappa shape index (κ3) is 4.86. The van der Waals surface area contributed by atoms with E-state index in [4.69, 9.17) is 14.2 Å². The fourth-order valence-corrected chi connectivity index (χ4v) is 4.11. The number of aromatic nitrogens is 2. The largest absolute Gasteiger partial charge is 0.486 e. The Hall–Kier alpha value is -2.48. The summed E-state index contributed by atoms with van der Waals surface area (Å²) in [7, 11) is 0. The number of ether oxygens (including phenoxy) is 3. The van der Waals surface area contributed by atoms with Crippen molar-refractivity contribution in [1.82, 2.24) is 14.9 Å². The van der Waals surface area contributed by atoms with E-state index in [0.29, 0.717) is 38.7 Å². The van der Waals surface area contributed by atoms with E-state index in [1.54, 1.807) is 30.2 Å². The lowest BCUT2D eigenvalue weighted by atomic mass is 10.1. The summed E-state index contributed by atoms with van der Waals surface area (Å²) in [6.07, 6.45) is 5.53. The van der Waals surface area contributed by atoms with Crippen LogP contribution in [0.2, 0.25) is 0 Å². The van der Waals surface area contributed by atoms with Gasteiger partial charge in [-0.3, -0.25) is 4.79 Å². The Bertz CT molecular complexity index is 797. The molecule has 0 spiro atoms. The molecule has 8 heteroatoms. The van der Waals surface area contributed by atoms with Crippen LogP contribution in [0, 0.1) is 0 Å². The zero-order valence-corrected chi connectivity index (χ0v) is 16.4.